The van der Waals surface area contributed by atoms with Gasteiger partial charge in [-0.25, -0.2) is 4.98 Å². The molecule has 0 bridgehead atoms. The second kappa shape index (κ2) is 6.70. The molecule has 4 nitrogen and oxygen atoms in total. The third-order valence-corrected chi connectivity index (χ3v) is 3.13. The molecule has 0 aliphatic carbocycles. The number of benzene rings is 1. The number of carbonyl (C=O) groups excluding carboxylic acids is 1. The van der Waals surface area contributed by atoms with Gasteiger partial charge in [0, 0.05) is 12.2 Å². The Labute approximate surface area is 119 Å². The highest BCUT2D eigenvalue weighted by Crippen LogP contribution is 2.06. The quantitative estimate of drug-likeness (QED) is 0.876. The summed E-state index contributed by atoms with van der Waals surface area (Å²) in [7, 11) is 0. The molecule has 1 aromatic carbocycles. The predicted molar refractivity (Wildman–Crippen MR) is 80.3 cm³/mol. The molecule has 1 unspecified atom stereocenters. The van der Waals surface area contributed by atoms with E-state index in [1.165, 1.54) is 11.8 Å². The summed E-state index contributed by atoms with van der Waals surface area (Å²) in [4.78, 5) is 15.9. The number of hydrogen-bond acceptors (Lipinski definition) is 3. The second-order valence-electron chi connectivity index (χ2n) is 4.87. The van der Waals surface area contributed by atoms with Crippen molar-refractivity contribution >= 4 is 11.7 Å². The number of hydrogen-bond donors (Lipinski definition) is 2. The monoisotopic (exact) mass is 269 g/mol. The van der Waals surface area contributed by atoms with Gasteiger partial charge in [0.1, 0.15) is 5.82 Å². The van der Waals surface area contributed by atoms with Crippen LogP contribution in [0.15, 0.2) is 48.7 Å². The second-order valence-corrected chi connectivity index (χ2v) is 4.87. The largest absolute Gasteiger partial charge is 0.384 e. The number of amides is 1. The summed E-state index contributed by atoms with van der Waals surface area (Å²) in [5.41, 5.74) is 7.31. The van der Waals surface area contributed by atoms with Gasteiger partial charge in [-0.1, -0.05) is 30.3 Å². The molecule has 0 saturated heterocycles. The first-order valence-electron chi connectivity index (χ1n) is 6.71. The number of nitrogen functional groups attached to an aromatic ring is 1. The summed E-state index contributed by atoms with van der Waals surface area (Å²) in [6.45, 7) is 2.01. The van der Waals surface area contributed by atoms with Crippen molar-refractivity contribution in [1.82, 2.24) is 10.3 Å². The fraction of sp³-hybridized carbons (Fsp3) is 0.250. The van der Waals surface area contributed by atoms with Gasteiger partial charge in [-0.3, -0.25) is 4.79 Å². The molecule has 0 fully saturated rings. The minimum absolute atomic E-state index is 0.111. The standard InChI is InChI=1S/C16H19N3O/c1-12(7-8-13-5-3-2-4-6-13)19-16(20)14-9-10-15(17)18-11-14/h2-6,9-12H,7-8H2,1H3,(H2,17,18)(H,19,20). The van der Waals surface area contributed by atoms with Gasteiger partial charge >= 0.3 is 0 Å². The summed E-state index contributed by atoms with van der Waals surface area (Å²) in [5.74, 6) is 0.303. The number of anilines is 1. The zero-order valence-corrected chi connectivity index (χ0v) is 11.5. The summed E-state index contributed by atoms with van der Waals surface area (Å²) in [6.07, 6.45) is 3.34. The zero-order valence-electron chi connectivity index (χ0n) is 11.5. The molecule has 1 heterocycles. The summed E-state index contributed by atoms with van der Waals surface area (Å²) < 4.78 is 0. The molecule has 1 atom stereocenters. The average Bonchev–Trinajstić information content (AvgIpc) is 2.47. The average molecular weight is 269 g/mol. The predicted octanol–water partition coefficient (Wildman–Crippen LogP) is 2.41. The van der Waals surface area contributed by atoms with E-state index in [2.05, 4.69) is 22.4 Å². The van der Waals surface area contributed by atoms with E-state index in [1.807, 2.05) is 25.1 Å². The molecule has 3 N–H and O–H groups in total. The molecule has 2 aromatic rings. The van der Waals surface area contributed by atoms with Crippen molar-refractivity contribution < 1.29 is 4.79 Å². The Hall–Kier alpha value is -2.36. The van der Waals surface area contributed by atoms with E-state index in [-0.39, 0.29) is 11.9 Å². The van der Waals surface area contributed by atoms with Crippen LogP contribution in [0.2, 0.25) is 0 Å². The maximum absolute atomic E-state index is 12.0. The van der Waals surface area contributed by atoms with Crippen LogP contribution in [0, 0.1) is 0 Å². The molecular formula is C16H19N3O. The fourth-order valence-corrected chi connectivity index (χ4v) is 1.95. The smallest absolute Gasteiger partial charge is 0.253 e. The molecule has 20 heavy (non-hydrogen) atoms. The van der Waals surface area contributed by atoms with E-state index >= 15 is 0 Å². The Morgan fingerprint density at radius 3 is 2.65 bits per heavy atom. The molecule has 104 valence electrons. The van der Waals surface area contributed by atoms with Crippen molar-refractivity contribution in [3.63, 3.8) is 0 Å². The van der Waals surface area contributed by atoms with Crippen LogP contribution in [-0.2, 0) is 6.42 Å². The number of nitrogens with two attached hydrogens (primary N) is 1. The van der Waals surface area contributed by atoms with Crippen LogP contribution in [0.3, 0.4) is 0 Å². The first-order chi connectivity index (χ1) is 9.65. The zero-order chi connectivity index (χ0) is 14.4. The fourth-order valence-electron chi connectivity index (χ4n) is 1.95. The van der Waals surface area contributed by atoms with Crippen LogP contribution in [0.25, 0.3) is 0 Å². The molecule has 1 aromatic heterocycles. The van der Waals surface area contributed by atoms with Crippen molar-refractivity contribution in [3.05, 3.63) is 59.8 Å². The van der Waals surface area contributed by atoms with Crippen LogP contribution >= 0.6 is 0 Å². The highest BCUT2D eigenvalue weighted by Gasteiger charge is 2.10. The van der Waals surface area contributed by atoms with Crippen LogP contribution in [-0.4, -0.2) is 16.9 Å². The highest BCUT2D eigenvalue weighted by atomic mass is 16.1. The number of rotatable bonds is 5. The lowest BCUT2D eigenvalue weighted by Crippen LogP contribution is -2.32. The molecule has 0 radical (unpaired) electrons. The number of nitrogens with zero attached hydrogens (tertiary/aromatic N) is 1. The van der Waals surface area contributed by atoms with Gasteiger partial charge in [-0.15, -0.1) is 0 Å². The minimum Gasteiger partial charge on any atom is -0.384 e. The number of aryl methyl sites for hydroxylation is 1. The van der Waals surface area contributed by atoms with E-state index < -0.39 is 0 Å². The topological polar surface area (TPSA) is 68.0 Å². The van der Waals surface area contributed by atoms with Crippen LogP contribution in [0.5, 0.6) is 0 Å². The Morgan fingerprint density at radius 2 is 2.00 bits per heavy atom. The minimum atomic E-state index is -0.113. The van der Waals surface area contributed by atoms with Gasteiger partial charge in [0.05, 0.1) is 5.56 Å². The lowest BCUT2D eigenvalue weighted by atomic mass is 10.1. The van der Waals surface area contributed by atoms with Crippen molar-refractivity contribution in [3.8, 4) is 0 Å². The van der Waals surface area contributed by atoms with Crippen LogP contribution < -0.4 is 11.1 Å². The molecule has 0 saturated carbocycles. The SMILES string of the molecule is CC(CCc1ccccc1)NC(=O)c1ccc(N)nc1. The van der Waals surface area contributed by atoms with Gasteiger partial charge in [-0.05, 0) is 37.5 Å². The lowest BCUT2D eigenvalue weighted by molar-refractivity contribution is 0.0938. The van der Waals surface area contributed by atoms with Gasteiger partial charge in [0.25, 0.3) is 5.91 Å². The first-order valence-corrected chi connectivity index (χ1v) is 6.71. The molecule has 0 aliphatic heterocycles. The maximum atomic E-state index is 12.0. The van der Waals surface area contributed by atoms with Gasteiger partial charge in [0.2, 0.25) is 0 Å². The lowest BCUT2D eigenvalue weighted by Gasteiger charge is -2.13. The first kappa shape index (κ1) is 14.1. The molecule has 4 heteroatoms. The normalized spacial score (nSPS) is 11.8. The van der Waals surface area contributed by atoms with Crippen LogP contribution in [0.4, 0.5) is 5.82 Å². The van der Waals surface area contributed by atoms with E-state index in [0.717, 1.165) is 12.8 Å². The Morgan fingerprint density at radius 1 is 1.25 bits per heavy atom. The summed E-state index contributed by atoms with van der Waals surface area (Å²) in [5, 5.41) is 2.97. The van der Waals surface area contributed by atoms with E-state index in [1.54, 1.807) is 12.1 Å². The van der Waals surface area contributed by atoms with Gasteiger partial charge < -0.3 is 11.1 Å². The highest BCUT2D eigenvalue weighted by molar-refractivity contribution is 5.94. The molecule has 0 aliphatic rings. The molecular weight excluding hydrogens is 250 g/mol. The van der Waals surface area contributed by atoms with Crippen molar-refractivity contribution in [2.75, 3.05) is 5.73 Å². The van der Waals surface area contributed by atoms with Crippen molar-refractivity contribution in [1.29, 1.82) is 0 Å². The maximum Gasteiger partial charge on any atom is 0.253 e. The Bertz CT molecular complexity index is 552. The summed E-state index contributed by atoms with van der Waals surface area (Å²) >= 11 is 0. The number of pyridine rings is 1. The van der Waals surface area contributed by atoms with Crippen molar-refractivity contribution in [2.24, 2.45) is 0 Å². The van der Waals surface area contributed by atoms with E-state index in [9.17, 15) is 4.79 Å². The van der Waals surface area contributed by atoms with E-state index in [4.69, 9.17) is 5.73 Å². The van der Waals surface area contributed by atoms with E-state index in [0.29, 0.717) is 11.4 Å². The van der Waals surface area contributed by atoms with Gasteiger partial charge in [0.15, 0.2) is 0 Å². The van der Waals surface area contributed by atoms with Crippen molar-refractivity contribution in [2.45, 2.75) is 25.8 Å². The van der Waals surface area contributed by atoms with Crippen LogP contribution in [0.1, 0.15) is 29.3 Å². The molecule has 1 amide bonds. The Balaban J connectivity index is 1.83. The molecule has 2 rings (SSSR count). The number of aromatic nitrogens is 1. The Kier molecular flexibility index (Phi) is 4.71. The molecule has 0 spiro atoms. The third-order valence-electron chi connectivity index (χ3n) is 3.13. The van der Waals surface area contributed by atoms with Gasteiger partial charge in [-0.2, -0.15) is 0 Å². The number of carbonyl (C=O) groups is 1. The summed E-state index contributed by atoms with van der Waals surface area (Å²) in [6, 6.07) is 13.7. The number of nitrogens with one attached hydrogen (secondary N) is 1. The third kappa shape index (κ3) is 4.09.